The number of hydrogen-bond acceptors (Lipinski definition) is 1. The van der Waals surface area contributed by atoms with E-state index in [2.05, 4.69) is 50.3 Å². The standard InChI is InChI=1S/C13H16O/c1-13(2,14-3)12-9-8-10-6-4-5-7-11(10)12/h4-9,12H,1-3H3. The average Bonchev–Trinajstić information content (AvgIpc) is 2.61. The molecule has 1 nitrogen and oxygen atoms in total. The molecule has 74 valence electrons. The van der Waals surface area contributed by atoms with Gasteiger partial charge < -0.3 is 4.74 Å². The van der Waals surface area contributed by atoms with Gasteiger partial charge >= 0.3 is 0 Å². The van der Waals surface area contributed by atoms with Crippen LogP contribution in [0, 0.1) is 0 Å². The van der Waals surface area contributed by atoms with Crippen LogP contribution in [0.25, 0.3) is 6.08 Å². The van der Waals surface area contributed by atoms with Gasteiger partial charge in [0.2, 0.25) is 0 Å². The summed E-state index contributed by atoms with van der Waals surface area (Å²) in [6.07, 6.45) is 4.41. The molecule has 0 N–H and O–H groups in total. The molecule has 0 fully saturated rings. The van der Waals surface area contributed by atoms with Gasteiger partial charge in [0.1, 0.15) is 0 Å². The molecule has 1 unspecified atom stereocenters. The topological polar surface area (TPSA) is 9.23 Å². The Bertz CT molecular complexity index is 363. The first-order valence-corrected chi connectivity index (χ1v) is 4.97. The smallest absolute Gasteiger partial charge is 0.0725 e. The van der Waals surface area contributed by atoms with Crippen LogP contribution in [0.5, 0.6) is 0 Å². The molecule has 0 saturated carbocycles. The van der Waals surface area contributed by atoms with E-state index in [-0.39, 0.29) is 5.60 Å². The maximum absolute atomic E-state index is 5.53. The van der Waals surface area contributed by atoms with Gasteiger partial charge in [-0.05, 0) is 25.0 Å². The second-order valence-electron chi connectivity index (χ2n) is 4.27. The van der Waals surface area contributed by atoms with Crippen molar-refractivity contribution in [2.24, 2.45) is 0 Å². The van der Waals surface area contributed by atoms with Gasteiger partial charge in [0.25, 0.3) is 0 Å². The summed E-state index contributed by atoms with van der Waals surface area (Å²) < 4.78 is 5.53. The third-order valence-corrected chi connectivity index (χ3v) is 3.07. The average molecular weight is 188 g/mol. The highest BCUT2D eigenvalue weighted by Gasteiger charge is 2.32. The van der Waals surface area contributed by atoms with Gasteiger partial charge in [-0.1, -0.05) is 36.4 Å². The van der Waals surface area contributed by atoms with Crippen molar-refractivity contribution in [1.82, 2.24) is 0 Å². The Morgan fingerprint density at radius 1 is 1.21 bits per heavy atom. The van der Waals surface area contributed by atoms with E-state index in [1.165, 1.54) is 11.1 Å². The highest BCUT2D eigenvalue weighted by Crippen LogP contribution is 2.38. The molecule has 0 bridgehead atoms. The van der Waals surface area contributed by atoms with Gasteiger partial charge in [0, 0.05) is 13.0 Å². The highest BCUT2D eigenvalue weighted by atomic mass is 16.5. The maximum Gasteiger partial charge on any atom is 0.0725 e. The number of rotatable bonds is 2. The molecular weight excluding hydrogens is 172 g/mol. The summed E-state index contributed by atoms with van der Waals surface area (Å²) in [7, 11) is 1.77. The Balaban J connectivity index is 2.40. The lowest BCUT2D eigenvalue weighted by Gasteiger charge is -2.30. The summed E-state index contributed by atoms with van der Waals surface area (Å²) >= 11 is 0. The molecule has 1 heteroatoms. The van der Waals surface area contributed by atoms with Crippen LogP contribution in [0.1, 0.15) is 30.9 Å². The number of hydrogen-bond donors (Lipinski definition) is 0. The van der Waals surface area contributed by atoms with Gasteiger partial charge in [-0.3, -0.25) is 0 Å². The molecule has 14 heavy (non-hydrogen) atoms. The Kier molecular flexibility index (Phi) is 2.20. The first-order chi connectivity index (χ1) is 6.65. The minimum Gasteiger partial charge on any atom is -0.378 e. The zero-order chi connectivity index (χ0) is 10.2. The minimum absolute atomic E-state index is 0.122. The summed E-state index contributed by atoms with van der Waals surface area (Å²) in [6.45, 7) is 4.26. The van der Waals surface area contributed by atoms with E-state index in [1.807, 2.05) is 0 Å². The first-order valence-electron chi connectivity index (χ1n) is 4.97. The van der Waals surface area contributed by atoms with Crippen LogP contribution >= 0.6 is 0 Å². The van der Waals surface area contributed by atoms with Crippen molar-refractivity contribution >= 4 is 6.08 Å². The summed E-state index contributed by atoms with van der Waals surface area (Å²) in [5.74, 6) is 0.378. The van der Waals surface area contributed by atoms with Crippen molar-refractivity contribution in [3.63, 3.8) is 0 Å². The van der Waals surface area contributed by atoms with Crippen molar-refractivity contribution in [3.05, 3.63) is 41.5 Å². The molecule has 1 aliphatic carbocycles. The molecule has 0 aliphatic heterocycles. The lowest BCUT2D eigenvalue weighted by molar-refractivity contribution is 0.0112. The summed E-state index contributed by atoms with van der Waals surface area (Å²) in [4.78, 5) is 0. The molecule has 0 heterocycles. The predicted molar refractivity (Wildman–Crippen MR) is 59.3 cm³/mol. The fourth-order valence-electron chi connectivity index (χ4n) is 1.98. The fourth-order valence-corrected chi connectivity index (χ4v) is 1.98. The number of ether oxygens (including phenoxy) is 1. The monoisotopic (exact) mass is 188 g/mol. The third kappa shape index (κ3) is 1.38. The second kappa shape index (κ2) is 3.25. The largest absolute Gasteiger partial charge is 0.378 e. The molecule has 1 atom stereocenters. The number of fused-ring (bicyclic) bond motifs is 1. The summed E-state index contributed by atoms with van der Waals surface area (Å²) in [5, 5.41) is 0. The van der Waals surface area contributed by atoms with Crippen LogP contribution in [0.4, 0.5) is 0 Å². The van der Waals surface area contributed by atoms with Gasteiger partial charge in [0.15, 0.2) is 0 Å². The summed E-state index contributed by atoms with van der Waals surface area (Å²) in [5.41, 5.74) is 2.57. The zero-order valence-corrected chi connectivity index (χ0v) is 8.95. The minimum atomic E-state index is -0.122. The molecule has 0 amide bonds. The van der Waals surface area contributed by atoms with Crippen LogP contribution in [-0.2, 0) is 4.74 Å². The van der Waals surface area contributed by atoms with E-state index in [9.17, 15) is 0 Å². The summed E-state index contributed by atoms with van der Waals surface area (Å²) in [6, 6.07) is 8.49. The van der Waals surface area contributed by atoms with Crippen molar-refractivity contribution in [1.29, 1.82) is 0 Å². The van der Waals surface area contributed by atoms with Crippen LogP contribution in [-0.4, -0.2) is 12.7 Å². The van der Waals surface area contributed by atoms with Crippen LogP contribution in [0.15, 0.2) is 30.3 Å². The third-order valence-electron chi connectivity index (χ3n) is 3.07. The number of benzene rings is 1. The molecule has 0 spiro atoms. The Morgan fingerprint density at radius 2 is 1.93 bits per heavy atom. The highest BCUT2D eigenvalue weighted by molar-refractivity contribution is 5.63. The van der Waals surface area contributed by atoms with E-state index in [0.717, 1.165) is 0 Å². The molecule has 0 saturated heterocycles. The van der Waals surface area contributed by atoms with Crippen LogP contribution in [0.2, 0.25) is 0 Å². The van der Waals surface area contributed by atoms with E-state index in [1.54, 1.807) is 7.11 Å². The normalized spacial score (nSPS) is 19.8. The Morgan fingerprint density at radius 3 is 2.64 bits per heavy atom. The van der Waals surface area contributed by atoms with Crippen molar-refractivity contribution < 1.29 is 4.74 Å². The molecule has 1 aliphatic rings. The molecule has 0 aromatic heterocycles. The lowest BCUT2D eigenvalue weighted by atomic mass is 9.86. The van der Waals surface area contributed by atoms with E-state index >= 15 is 0 Å². The van der Waals surface area contributed by atoms with Gasteiger partial charge in [-0.15, -0.1) is 0 Å². The van der Waals surface area contributed by atoms with Crippen LogP contribution < -0.4 is 0 Å². The molecule has 2 rings (SSSR count). The van der Waals surface area contributed by atoms with E-state index < -0.39 is 0 Å². The fraction of sp³-hybridized carbons (Fsp3) is 0.385. The van der Waals surface area contributed by atoms with Gasteiger partial charge in [-0.2, -0.15) is 0 Å². The number of methoxy groups -OCH3 is 1. The van der Waals surface area contributed by atoms with Crippen LogP contribution in [0.3, 0.4) is 0 Å². The van der Waals surface area contributed by atoms with Gasteiger partial charge in [0.05, 0.1) is 5.60 Å². The second-order valence-corrected chi connectivity index (χ2v) is 4.27. The first kappa shape index (κ1) is 9.47. The zero-order valence-electron chi connectivity index (χ0n) is 8.95. The van der Waals surface area contributed by atoms with E-state index in [4.69, 9.17) is 4.74 Å². The van der Waals surface area contributed by atoms with Crippen molar-refractivity contribution in [3.8, 4) is 0 Å². The van der Waals surface area contributed by atoms with Crippen molar-refractivity contribution in [2.75, 3.05) is 7.11 Å². The quantitative estimate of drug-likeness (QED) is 0.692. The molecule has 1 aromatic rings. The molecular formula is C13H16O. The maximum atomic E-state index is 5.53. The predicted octanol–water partition coefficient (Wildman–Crippen LogP) is 3.22. The lowest BCUT2D eigenvalue weighted by Crippen LogP contribution is -2.29. The SMILES string of the molecule is COC(C)(C)C1C=Cc2ccccc21. The molecule has 1 aromatic carbocycles. The molecule has 0 radical (unpaired) electrons. The van der Waals surface area contributed by atoms with Crippen molar-refractivity contribution in [2.45, 2.75) is 25.4 Å². The van der Waals surface area contributed by atoms with E-state index in [0.29, 0.717) is 5.92 Å². The van der Waals surface area contributed by atoms with Gasteiger partial charge in [-0.25, -0.2) is 0 Å². The Hall–Kier alpha value is -1.08. The Labute approximate surface area is 85.4 Å².